The van der Waals surface area contributed by atoms with Crippen LogP contribution in [0.4, 0.5) is 0 Å². The Hall–Kier alpha value is -2.29. The van der Waals surface area contributed by atoms with Gasteiger partial charge in [0.25, 0.3) is 0 Å². The SMILES string of the molecule is C=C[C@@H](OCc1ccc(OC)cc1)[C@]1(/C2=C/C=C3\CCC([C@@H](OCOC)C(=O)[C@H]2C)C3(C)C)COC(C)(C)O1. The van der Waals surface area contributed by atoms with Gasteiger partial charge in [0.15, 0.2) is 11.6 Å². The molecule has 0 amide bonds. The fourth-order valence-corrected chi connectivity index (χ4v) is 6.37. The van der Waals surface area contributed by atoms with Gasteiger partial charge in [0, 0.05) is 18.9 Å². The molecule has 1 saturated carbocycles. The van der Waals surface area contributed by atoms with Gasteiger partial charge < -0.3 is 28.4 Å². The van der Waals surface area contributed by atoms with Gasteiger partial charge in [0.2, 0.25) is 0 Å². The fourth-order valence-electron chi connectivity index (χ4n) is 6.37. The van der Waals surface area contributed by atoms with Crippen LogP contribution in [0.1, 0.15) is 53.0 Å². The summed E-state index contributed by atoms with van der Waals surface area (Å²) in [5.41, 5.74) is 1.84. The normalized spacial score (nSPS) is 33.2. The molecule has 0 aromatic heterocycles. The Labute approximate surface area is 233 Å². The van der Waals surface area contributed by atoms with Crippen LogP contribution in [0.25, 0.3) is 0 Å². The number of rotatable bonds is 10. The first kappa shape index (κ1) is 29.7. The van der Waals surface area contributed by atoms with Crippen molar-refractivity contribution in [3.8, 4) is 5.75 Å². The highest BCUT2D eigenvalue weighted by atomic mass is 16.8. The minimum absolute atomic E-state index is 0.0126. The van der Waals surface area contributed by atoms with E-state index in [1.165, 1.54) is 5.57 Å². The van der Waals surface area contributed by atoms with E-state index < -0.39 is 29.5 Å². The number of ether oxygens (including phenoxy) is 6. The minimum Gasteiger partial charge on any atom is -0.497 e. The van der Waals surface area contributed by atoms with Crippen molar-refractivity contribution in [1.82, 2.24) is 0 Å². The lowest BCUT2D eigenvalue weighted by atomic mass is 9.73. The second-order valence-electron chi connectivity index (χ2n) is 11.8. The standard InChI is InChI=1S/C32H44O7/c1-9-27(36-18-22-10-14-24(35-8)15-11-22)32(19-38-31(5,6)39-32)25-16-12-23-13-17-26(30(23,3)4)29(37-20-34-7)28(33)21(25)2/h9-12,14-16,21,26-27,29H,1,13,17-20H2,2-8H3/b23-12+,25-16+/t21-,26?,27+,29+,32+/m0/s1. The first-order valence-corrected chi connectivity index (χ1v) is 13.8. The number of Topliss-reactive ketones (excluding diaryl/α,β-unsaturated/α-hetero) is 1. The van der Waals surface area contributed by atoms with Gasteiger partial charge in [-0.1, -0.05) is 56.7 Å². The number of allylic oxidation sites excluding steroid dienone is 3. The van der Waals surface area contributed by atoms with Crippen LogP contribution in [0, 0.1) is 17.3 Å². The third-order valence-electron chi connectivity index (χ3n) is 8.66. The first-order valence-electron chi connectivity index (χ1n) is 13.8. The Bertz CT molecular complexity index is 1100. The van der Waals surface area contributed by atoms with Crippen molar-refractivity contribution in [1.29, 1.82) is 0 Å². The topological polar surface area (TPSA) is 72.5 Å². The highest BCUT2D eigenvalue weighted by Crippen LogP contribution is 2.52. The Balaban J connectivity index is 1.76. The largest absolute Gasteiger partial charge is 0.497 e. The lowest BCUT2D eigenvalue weighted by Crippen LogP contribution is -2.52. The summed E-state index contributed by atoms with van der Waals surface area (Å²) in [6, 6.07) is 7.74. The van der Waals surface area contributed by atoms with E-state index in [2.05, 4.69) is 32.6 Å². The molecule has 5 atom stereocenters. The van der Waals surface area contributed by atoms with Crippen LogP contribution < -0.4 is 4.74 Å². The second-order valence-corrected chi connectivity index (χ2v) is 11.8. The van der Waals surface area contributed by atoms with Crippen molar-refractivity contribution in [2.24, 2.45) is 17.3 Å². The van der Waals surface area contributed by atoms with Crippen molar-refractivity contribution >= 4 is 5.78 Å². The third kappa shape index (κ3) is 5.79. The quantitative estimate of drug-likeness (QED) is 0.275. The van der Waals surface area contributed by atoms with Crippen molar-refractivity contribution in [2.45, 2.75) is 77.7 Å². The first-order chi connectivity index (χ1) is 18.5. The summed E-state index contributed by atoms with van der Waals surface area (Å²) in [5.74, 6) is -0.536. The average molecular weight is 541 g/mol. The number of benzene rings is 1. The molecule has 1 unspecified atom stereocenters. The summed E-state index contributed by atoms with van der Waals surface area (Å²) >= 11 is 0. The van der Waals surface area contributed by atoms with Crippen LogP contribution in [0.5, 0.6) is 5.75 Å². The summed E-state index contributed by atoms with van der Waals surface area (Å²) in [5, 5.41) is 0. The molecule has 214 valence electrons. The molecule has 1 aromatic rings. The number of carbonyl (C=O) groups is 1. The number of ketones is 1. The zero-order valence-electron chi connectivity index (χ0n) is 24.5. The number of hydrogen-bond acceptors (Lipinski definition) is 7. The molecule has 2 bridgehead atoms. The Kier molecular flexibility index (Phi) is 8.89. The maximum atomic E-state index is 14.2. The number of carbonyl (C=O) groups excluding carboxylic acids is 1. The van der Waals surface area contributed by atoms with Crippen LogP contribution in [0.3, 0.4) is 0 Å². The molecule has 7 nitrogen and oxygen atoms in total. The maximum absolute atomic E-state index is 14.2. The van der Waals surface area contributed by atoms with Gasteiger partial charge in [-0.25, -0.2) is 0 Å². The smallest absolute Gasteiger partial charge is 0.168 e. The second kappa shape index (κ2) is 11.7. The van der Waals surface area contributed by atoms with Crippen LogP contribution in [-0.4, -0.2) is 57.0 Å². The van der Waals surface area contributed by atoms with Gasteiger partial charge in [-0.05, 0) is 55.4 Å². The minimum atomic E-state index is -1.05. The van der Waals surface area contributed by atoms with Crippen molar-refractivity contribution < 1.29 is 33.2 Å². The van der Waals surface area contributed by atoms with Crippen LogP contribution in [0.2, 0.25) is 0 Å². The summed E-state index contributed by atoms with van der Waals surface area (Å²) in [6.07, 6.45) is 6.62. The summed E-state index contributed by atoms with van der Waals surface area (Å²) in [7, 11) is 3.22. The highest BCUT2D eigenvalue weighted by Gasteiger charge is 2.56. The molecule has 2 aliphatic carbocycles. The van der Waals surface area contributed by atoms with Gasteiger partial charge in [-0.15, -0.1) is 6.58 Å². The Morgan fingerprint density at radius 3 is 2.44 bits per heavy atom. The van der Waals surface area contributed by atoms with E-state index in [-0.39, 0.29) is 30.5 Å². The fraction of sp³-hybridized carbons (Fsp3) is 0.594. The summed E-state index contributed by atoms with van der Waals surface area (Å²) in [6.45, 7) is 14.8. The van der Waals surface area contributed by atoms with Crippen molar-refractivity contribution in [2.75, 3.05) is 27.6 Å². The Morgan fingerprint density at radius 2 is 1.85 bits per heavy atom. The molecule has 0 N–H and O–H groups in total. The molecule has 1 saturated heterocycles. The van der Waals surface area contributed by atoms with Crippen molar-refractivity contribution in [3.63, 3.8) is 0 Å². The summed E-state index contributed by atoms with van der Waals surface area (Å²) < 4.78 is 36.0. The number of methoxy groups -OCH3 is 2. The maximum Gasteiger partial charge on any atom is 0.168 e. The number of hydrogen-bond donors (Lipinski definition) is 0. The zero-order valence-corrected chi connectivity index (χ0v) is 24.5. The lowest BCUT2D eigenvalue weighted by Gasteiger charge is -2.40. The van der Waals surface area contributed by atoms with E-state index in [1.807, 2.05) is 45.0 Å². The predicted molar refractivity (Wildman–Crippen MR) is 149 cm³/mol. The monoisotopic (exact) mass is 540 g/mol. The molecular weight excluding hydrogens is 496 g/mol. The molecular formula is C32H44O7. The molecule has 3 aliphatic rings. The zero-order chi connectivity index (χ0) is 28.4. The highest BCUT2D eigenvalue weighted by molar-refractivity contribution is 5.89. The predicted octanol–water partition coefficient (Wildman–Crippen LogP) is 5.79. The van der Waals surface area contributed by atoms with Gasteiger partial charge in [0.1, 0.15) is 30.4 Å². The molecule has 4 rings (SSSR count). The molecule has 0 spiro atoms. The Morgan fingerprint density at radius 1 is 1.13 bits per heavy atom. The van der Waals surface area contributed by atoms with Gasteiger partial charge in [0.05, 0.1) is 20.3 Å². The van der Waals surface area contributed by atoms with Crippen LogP contribution in [-0.2, 0) is 35.1 Å². The summed E-state index contributed by atoms with van der Waals surface area (Å²) in [4.78, 5) is 14.2. The molecule has 1 aliphatic heterocycles. The van der Waals surface area contributed by atoms with E-state index >= 15 is 0 Å². The van der Waals surface area contributed by atoms with Gasteiger partial charge >= 0.3 is 0 Å². The van der Waals surface area contributed by atoms with Gasteiger partial charge in [-0.2, -0.15) is 0 Å². The lowest BCUT2D eigenvalue weighted by molar-refractivity contribution is -0.178. The van der Waals surface area contributed by atoms with E-state index in [1.54, 1.807) is 20.3 Å². The number of fused-ring (bicyclic) bond motifs is 2. The van der Waals surface area contributed by atoms with Crippen LogP contribution >= 0.6 is 0 Å². The van der Waals surface area contributed by atoms with Gasteiger partial charge in [-0.3, -0.25) is 4.79 Å². The van der Waals surface area contributed by atoms with E-state index in [9.17, 15) is 4.79 Å². The van der Waals surface area contributed by atoms with Crippen molar-refractivity contribution in [3.05, 3.63) is 65.8 Å². The third-order valence-corrected chi connectivity index (χ3v) is 8.66. The molecule has 7 heteroatoms. The van der Waals surface area contributed by atoms with E-state index in [4.69, 9.17) is 28.4 Å². The molecule has 1 aromatic carbocycles. The molecule has 2 fully saturated rings. The molecule has 39 heavy (non-hydrogen) atoms. The molecule has 1 heterocycles. The average Bonchev–Trinajstić information content (AvgIpc) is 3.40. The van der Waals surface area contributed by atoms with Crippen LogP contribution in [0.15, 0.2) is 60.2 Å². The van der Waals surface area contributed by atoms with E-state index in [0.717, 1.165) is 29.7 Å². The molecule has 0 radical (unpaired) electrons. The van der Waals surface area contributed by atoms with E-state index in [0.29, 0.717) is 6.61 Å².